The van der Waals surface area contributed by atoms with E-state index in [9.17, 15) is 9.90 Å². The summed E-state index contributed by atoms with van der Waals surface area (Å²) in [4.78, 5) is 11.9. The number of aliphatic hydroxyl groups is 1. The van der Waals surface area contributed by atoms with Crippen LogP contribution in [0.1, 0.15) is 28.4 Å². The first kappa shape index (κ1) is 13.7. The highest BCUT2D eigenvalue weighted by Gasteiger charge is 2.13. The van der Waals surface area contributed by atoms with Crippen LogP contribution >= 0.6 is 0 Å². The van der Waals surface area contributed by atoms with Gasteiger partial charge in [-0.3, -0.25) is 4.79 Å². The van der Waals surface area contributed by atoms with E-state index in [1.807, 2.05) is 32.0 Å². The summed E-state index contributed by atoms with van der Waals surface area (Å²) in [7, 11) is 0. The Morgan fingerprint density at radius 3 is 2.71 bits per heavy atom. The van der Waals surface area contributed by atoms with E-state index in [-0.39, 0.29) is 12.5 Å². The second kappa shape index (κ2) is 5.80. The summed E-state index contributed by atoms with van der Waals surface area (Å²) in [5, 5.41) is 12.0. The Morgan fingerprint density at radius 1 is 1.47 bits per heavy atom. The summed E-state index contributed by atoms with van der Waals surface area (Å²) < 4.78 is 0. The van der Waals surface area contributed by atoms with Crippen LogP contribution in [-0.2, 0) is 0 Å². The fourth-order valence-electron chi connectivity index (χ4n) is 1.46. The number of aliphatic hydroxyl groups excluding tert-OH is 1. The molecule has 0 spiro atoms. The van der Waals surface area contributed by atoms with Crippen LogP contribution in [0, 0.1) is 13.8 Å². The molecule has 1 amide bonds. The molecule has 0 radical (unpaired) electrons. The quantitative estimate of drug-likeness (QED) is 0.722. The maximum absolute atomic E-state index is 11.9. The zero-order chi connectivity index (χ0) is 13.0. The zero-order valence-corrected chi connectivity index (χ0v) is 10.5. The van der Waals surface area contributed by atoms with Crippen LogP contribution in [0.25, 0.3) is 0 Å². The molecule has 2 atom stereocenters. The Bertz CT molecular complexity index is 402. The SMILES string of the molecule is Cc1ccc(C)c(C(=O)NCC(N)C(C)O)c1. The molecule has 0 heterocycles. The van der Waals surface area contributed by atoms with Crippen LogP contribution < -0.4 is 11.1 Å². The second-order valence-electron chi connectivity index (χ2n) is 4.43. The van der Waals surface area contributed by atoms with Crippen molar-refractivity contribution in [2.24, 2.45) is 5.73 Å². The summed E-state index contributed by atoms with van der Waals surface area (Å²) in [6, 6.07) is 5.29. The highest BCUT2D eigenvalue weighted by molar-refractivity contribution is 5.95. The molecule has 0 aliphatic carbocycles. The van der Waals surface area contributed by atoms with E-state index in [0.717, 1.165) is 11.1 Å². The summed E-state index contributed by atoms with van der Waals surface area (Å²) in [6.45, 7) is 5.71. The van der Waals surface area contributed by atoms with E-state index in [0.29, 0.717) is 5.56 Å². The molecule has 4 N–H and O–H groups in total. The lowest BCUT2D eigenvalue weighted by Crippen LogP contribution is -2.43. The first-order valence-electron chi connectivity index (χ1n) is 5.71. The molecule has 0 aliphatic heterocycles. The third kappa shape index (κ3) is 3.84. The number of carbonyl (C=O) groups is 1. The number of aryl methyl sites for hydroxylation is 2. The first-order valence-corrected chi connectivity index (χ1v) is 5.71. The lowest BCUT2D eigenvalue weighted by molar-refractivity contribution is 0.0937. The standard InChI is InChI=1S/C13H20N2O2/c1-8-4-5-9(2)11(6-8)13(17)15-7-12(14)10(3)16/h4-6,10,12,16H,7,14H2,1-3H3,(H,15,17). The van der Waals surface area contributed by atoms with Crippen LogP contribution in [0.3, 0.4) is 0 Å². The smallest absolute Gasteiger partial charge is 0.251 e. The van der Waals surface area contributed by atoms with E-state index in [1.54, 1.807) is 6.92 Å². The molecule has 0 aromatic heterocycles. The number of hydrogen-bond acceptors (Lipinski definition) is 3. The van der Waals surface area contributed by atoms with Gasteiger partial charge in [0.2, 0.25) is 0 Å². The molecule has 94 valence electrons. The zero-order valence-electron chi connectivity index (χ0n) is 10.5. The number of hydrogen-bond donors (Lipinski definition) is 3. The van der Waals surface area contributed by atoms with Gasteiger partial charge in [-0.25, -0.2) is 0 Å². The number of nitrogens with one attached hydrogen (secondary N) is 1. The summed E-state index contributed by atoms with van der Waals surface area (Å²) >= 11 is 0. The number of benzene rings is 1. The lowest BCUT2D eigenvalue weighted by Gasteiger charge is -2.16. The minimum Gasteiger partial charge on any atom is -0.392 e. The minimum atomic E-state index is -0.631. The summed E-state index contributed by atoms with van der Waals surface area (Å²) in [6.07, 6.45) is -0.631. The molecule has 0 fully saturated rings. The number of rotatable bonds is 4. The molecule has 1 aromatic carbocycles. The maximum Gasteiger partial charge on any atom is 0.251 e. The van der Waals surface area contributed by atoms with Crippen molar-refractivity contribution in [1.29, 1.82) is 0 Å². The highest BCUT2D eigenvalue weighted by atomic mass is 16.3. The van der Waals surface area contributed by atoms with Crippen molar-refractivity contribution in [3.63, 3.8) is 0 Å². The van der Waals surface area contributed by atoms with Gasteiger partial charge in [0.25, 0.3) is 5.91 Å². The number of carbonyl (C=O) groups excluding carboxylic acids is 1. The Morgan fingerprint density at radius 2 is 2.12 bits per heavy atom. The molecule has 0 bridgehead atoms. The van der Waals surface area contributed by atoms with E-state index >= 15 is 0 Å². The van der Waals surface area contributed by atoms with Gasteiger partial charge in [-0.05, 0) is 32.4 Å². The predicted octanol–water partition coefficient (Wildman–Crippen LogP) is 0.741. The van der Waals surface area contributed by atoms with Crippen molar-refractivity contribution in [3.05, 3.63) is 34.9 Å². The van der Waals surface area contributed by atoms with Gasteiger partial charge >= 0.3 is 0 Å². The van der Waals surface area contributed by atoms with Crippen LogP contribution in [0.5, 0.6) is 0 Å². The van der Waals surface area contributed by atoms with Crippen molar-refractivity contribution in [3.8, 4) is 0 Å². The van der Waals surface area contributed by atoms with Gasteiger partial charge in [0.15, 0.2) is 0 Å². The van der Waals surface area contributed by atoms with Gasteiger partial charge in [0, 0.05) is 18.2 Å². The molecule has 4 heteroatoms. The van der Waals surface area contributed by atoms with Crippen LogP contribution in [0.4, 0.5) is 0 Å². The molecule has 1 aromatic rings. The van der Waals surface area contributed by atoms with Gasteiger partial charge in [0.05, 0.1) is 6.10 Å². The van der Waals surface area contributed by atoms with Gasteiger partial charge < -0.3 is 16.2 Å². The van der Waals surface area contributed by atoms with Crippen LogP contribution in [-0.4, -0.2) is 29.7 Å². The van der Waals surface area contributed by atoms with Crippen molar-refractivity contribution in [1.82, 2.24) is 5.32 Å². The van der Waals surface area contributed by atoms with E-state index in [1.165, 1.54) is 0 Å². The normalized spacial score (nSPS) is 14.2. The number of nitrogens with two attached hydrogens (primary N) is 1. The second-order valence-corrected chi connectivity index (χ2v) is 4.43. The average Bonchev–Trinajstić information content (AvgIpc) is 2.28. The van der Waals surface area contributed by atoms with Crippen molar-refractivity contribution >= 4 is 5.91 Å². The Hall–Kier alpha value is -1.39. The largest absolute Gasteiger partial charge is 0.392 e. The van der Waals surface area contributed by atoms with Crippen LogP contribution in [0.15, 0.2) is 18.2 Å². The molecule has 0 aliphatic rings. The lowest BCUT2D eigenvalue weighted by atomic mass is 10.0. The summed E-state index contributed by atoms with van der Waals surface area (Å²) in [5.41, 5.74) is 8.27. The van der Waals surface area contributed by atoms with Gasteiger partial charge in [-0.2, -0.15) is 0 Å². The summed E-state index contributed by atoms with van der Waals surface area (Å²) in [5.74, 6) is -0.151. The molecule has 2 unspecified atom stereocenters. The Balaban J connectivity index is 2.67. The third-order valence-corrected chi connectivity index (χ3v) is 2.76. The molecule has 0 saturated heterocycles. The van der Waals surface area contributed by atoms with Crippen LogP contribution in [0.2, 0.25) is 0 Å². The van der Waals surface area contributed by atoms with Crippen molar-refractivity contribution in [2.75, 3.05) is 6.54 Å². The molecular formula is C13H20N2O2. The first-order chi connectivity index (χ1) is 7.91. The van der Waals surface area contributed by atoms with E-state index in [4.69, 9.17) is 5.73 Å². The van der Waals surface area contributed by atoms with Crippen molar-refractivity contribution < 1.29 is 9.90 Å². The maximum atomic E-state index is 11.9. The molecule has 4 nitrogen and oxygen atoms in total. The predicted molar refractivity (Wildman–Crippen MR) is 67.9 cm³/mol. The molecule has 0 saturated carbocycles. The fraction of sp³-hybridized carbons (Fsp3) is 0.462. The Kier molecular flexibility index (Phi) is 4.66. The fourth-order valence-corrected chi connectivity index (χ4v) is 1.46. The third-order valence-electron chi connectivity index (χ3n) is 2.76. The van der Waals surface area contributed by atoms with E-state index in [2.05, 4.69) is 5.32 Å². The van der Waals surface area contributed by atoms with Crippen molar-refractivity contribution in [2.45, 2.75) is 32.9 Å². The highest BCUT2D eigenvalue weighted by Crippen LogP contribution is 2.10. The molecule has 1 rings (SSSR count). The van der Waals surface area contributed by atoms with Gasteiger partial charge in [0.1, 0.15) is 0 Å². The van der Waals surface area contributed by atoms with Gasteiger partial charge in [-0.1, -0.05) is 17.7 Å². The average molecular weight is 236 g/mol. The molecule has 17 heavy (non-hydrogen) atoms. The van der Waals surface area contributed by atoms with Gasteiger partial charge in [-0.15, -0.1) is 0 Å². The topological polar surface area (TPSA) is 75.4 Å². The number of amides is 1. The Labute approximate surface area is 102 Å². The minimum absolute atomic E-state index is 0.151. The monoisotopic (exact) mass is 236 g/mol. The molecular weight excluding hydrogens is 216 g/mol. The van der Waals surface area contributed by atoms with E-state index < -0.39 is 12.1 Å².